The number of carbonyl (C=O) groups excluding carboxylic acids is 1. The molecule has 3 nitrogen and oxygen atoms in total. The molecule has 150 valence electrons. The standard InChI is InChI=1S/C26H24N2OS/c1-3-7-23-24(21-16-14-20(15-17-21)19-8-5-4-6-9-19)27-26(30-23)28-25(29)22-12-10-18(2)11-13-22/h4-6,8-17H,3,7H2,1-2H3,(H,27,28,29). The number of hydrogen-bond donors (Lipinski definition) is 1. The highest BCUT2D eigenvalue weighted by Crippen LogP contribution is 2.33. The van der Waals surface area contributed by atoms with E-state index < -0.39 is 0 Å². The van der Waals surface area contributed by atoms with Crippen molar-refractivity contribution in [3.8, 4) is 22.4 Å². The van der Waals surface area contributed by atoms with Crippen LogP contribution in [0.1, 0.15) is 34.1 Å². The zero-order valence-electron chi connectivity index (χ0n) is 17.2. The molecule has 1 heterocycles. The summed E-state index contributed by atoms with van der Waals surface area (Å²) in [5.41, 5.74) is 6.18. The number of aryl methyl sites for hydroxylation is 2. The number of nitrogens with zero attached hydrogens (tertiary/aromatic N) is 1. The summed E-state index contributed by atoms with van der Waals surface area (Å²) in [5.74, 6) is -0.127. The maximum atomic E-state index is 12.6. The van der Waals surface area contributed by atoms with E-state index in [1.165, 1.54) is 16.0 Å². The predicted octanol–water partition coefficient (Wildman–Crippen LogP) is 6.99. The number of anilines is 1. The predicted molar refractivity (Wildman–Crippen MR) is 126 cm³/mol. The number of nitrogens with one attached hydrogen (secondary N) is 1. The number of rotatable bonds is 6. The Kier molecular flexibility index (Phi) is 6.05. The Hall–Kier alpha value is -3.24. The molecule has 0 atom stereocenters. The average molecular weight is 413 g/mol. The SMILES string of the molecule is CCCc1sc(NC(=O)c2ccc(C)cc2)nc1-c1ccc(-c2ccccc2)cc1. The number of benzene rings is 3. The van der Waals surface area contributed by atoms with Gasteiger partial charge in [0.1, 0.15) is 0 Å². The van der Waals surface area contributed by atoms with Crippen molar-refractivity contribution >= 4 is 22.4 Å². The van der Waals surface area contributed by atoms with Crippen molar-refractivity contribution in [2.75, 3.05) is 5.32 Å². The molecule has 0 aliphatic carbocycles. The first-order chi connectivity index (χ1) is 14.6. The molecule has 4 aromatic rings. The molecule has 4 heteroatoms. The lowest BCUT2D eigenvalue weighted by Gasteiger charge is -2.05. The molecule has 0 aliphatic rings. The van der Waals surface area contributed by atoms with E-state index in [0.29, 0.717) is 10.7 Å². The van der Waals surface area contributed by atoms with Crippen LogP contribution < -0.4 is 5.32 Å². The van der Waals surface area contributed by atoms with Gasteiger partial charge in [-0.3, -0.25) is 10.1 Å². The minimum atomic E-state index is -0.127. The minimum absolute atomic E-state index is 0.127. The van der Waals surface area contributed by atoms with Crippen molar-refractivity contribution in [1.82, 2.24) is 4.98 Å². The molecule has 0 saturated carbocycles. The van der Waals surface area contributed by atoms with Gasteiger partial charge >= 0.3 is 0 Å². The maximum absolute atomic E-state index is 12.6. The molecular formula is C26H24N2OS. The quantitative estimate of drug-likeness (QED) is 0.371. The molecule has 0 fully saturated rings. The van der Waals surface area contributed by atoms with Crippen molar-refractivity contribution in [3.05, 3.63) is 94.9 Å². The van der Waals surface area contributed by atoms with E-state index in [1.807, 2.05) is 49.4 Å². The van der Waals surface area contributed by atoms with E-state index in [9.17, 15) is 4.79 Å². The molecule has 0 bridgehead atoms. The summed E-state index contributed by atoms with van der Waals surface area (Å²) in [6.07, 6.45) is 1.97. The molecule has 3 aromatic carbocycles. The van der Waals surface area contributed by atoms with Gasteiger partial charge in [0.2, 0.25) is 0 Å². The average Bonchev–Trinajstić information content (AvgIpc) is 3.17. The zero-order chi connectivity index (χ0) is 20.9. The van der Waals surface area contributed by atoms with Gasteiger partial charge in [0.15, 0.2) is 5.13 Å². The molecule has 1 amide bonds. The van der Waals surface area contributed by atoms with Crippen LogP contribution in [0.3, 0.4) is 0 Å². The molecule has 0 spiro atoms. The lowest BCUT2D eigenvalue weighted by atomic mass is 10.0. The third-order valence-electron chi connectivity index (χ3n) is 4.97. The van der Waals surface area contributed by atoms with Crippen molar-refractivity contribution in [3.63, 3.8) is 0 Å². The van der Waals surface area contributed by atoms with Gasteiger partial charge in [-0.1, -0.05) is 85.6 Å². The number of carbonyl (C=O) groups is 1. The van der Waals surface area contributed by atoms with Crippen LogP contribution in [0.4, 0.5) is 5.13 Å². The van der Waals surface area contributed by atoms with Gasteiger partial charge in [-0.15, -0.1) is 11.3 Å². The third-order valence-corrected chi connectivity index (χ3v) is 6.00. The van der Waals surface area contributed by atoms with E-state index in [4.69, 9.17) is 4.98 Å². The fourth-order valence-corrected chi connectivity index (χ4v) is 4.43. The number of thiazole rings is 1. The van der Waals surface area contributed by atoms with Crippen molar-refractivity contribution in [2.24, 2.45) is 0 Å². The highest BCUT2D eigenvalue weighted by atomic mass is 32.1. The molecule has 0 radical (unpaired) electrons. The molecular weight excluding hydrogens is 388 g/mol. The summed E-state index contributed by atoms with van der Waals surface area (Å²) < 4.78 is 0. The smallest absolute Gasteiger partial charge is 0.257 e. The fraction of sp³-hybridized carbons (Fsp3) is 0.154. The van der Waals surface area contributed by atoms with E-state index in [1.54, 1.807) is 11.3 Å². The van der Waals surface area contributed by atoms with E-state index in [2.05, 4.69) is 48.6 Å². The summed E-state index contributed by atoms with van der Waals surface area (Å²) >= 11 is 1.56. The second kappa shape index (κ2) is 9.06. The largest absolute Gasteiger partial charge is 0.298 e. The van der Waals surface area contributed by atoms with Crippen LogP contribution in [0, 0.1) is 6.92 Å². The van der Waals surface area contributed by atoms with Crippen LogP contribution in [-0.2, 0) is 6.42 Å². The Balaban J connectivity index is 1.59. The summed E-state index contributed by atoms with van der Waals surface area (Å²) in [6.45, 7) is 4.17. The summed E-state index contributed by atoms with van der Waals surface area (Å²) in [4.78, 5) is 18.6. The van der Waals surface area contributed by atoms with Crippen LogP contribution in [0.25, 0.3) is 22.4 Å². The van der Waals surface area contributed by atoms with Gasteiger partial charge in [-0.2, -0.15) is 0 Å². The van der Waals surface area contributed by atoms with Crippen LogP contribution in [-0.4, -0.2) is 10.9 Å². The molecule has 1 aromatic heterocycles. The van der Waals surface area contributed by atoms with E-state index in [-0.39, 0.29) is 5.91 Å². The third kappa shape index (κ3) is 4.50. The van der Waals surface area contributed by atoms with Gasteiger partial charge in [0, 0.05) is 16.0 Å². The van der Waals surface area contributed by atoms with Gasteiger partial charge in [-0.25, -0.2) is 4.98 Å². The summed E-state index contributed by atoms with van der Waals surface area (Å²) in [6, 6.07) is 26.4. The number of amides is 1. The Morgan fingerprint density at radius 2 is 1.50 bits per heavy atom. The Labute approximate surface area is 181 Å². The second-order valence-electron chi connectivity index (χ2n) is 7.30. The minimum Gasteiger partial charge on any atom is -0.298 e. The lowest BCUT2D eigenvalue weighted by molar-refractivity contribution is 0.102. The summed E-state index contributed by atoms with van der Waals surface area (Å²) in [5, 5.41) is 3.62. The van der Waals surface area contributed by atoms with Gasteiger partial charge in [-0.05, 0) is 36.6 Å². The monoisotopic (exact) mass is 412 g/mol. The normalized spacial score (nSPS) is 10.7. The van der Waals surface area contributed by atoms with Crippen LogP contribution in [0.5, 0.6) is 0 Å². The fourth-order valence-electron chi connectivity index (χ4n) is 3.35. The van der Waals surface area contributed by atoms with E-state index in [0.717, 1.165) is 29.7 Å². The van der Waals surface area contributed by atoms with Crippen LogP contribution >= 0.6 is 11.3 Å². The van der Waals surface area contributed by atoms with Crippen LogP contribution in [0.15, 0.2) is 78.9 Å². The van der Waals surface area contributed by atoms with Crippen molar-refractivity contribution in [2.45, 2.75) is 26.7 Å². The van der Waals surface area contributed by atoms with Crippen molar-refractivity contribution in [1.29, 1.82) is 0 Å². The molecule has 30 heavy (non-hydrogen) atoms. The molecule has 4 rings (SSSR count). The highest BCUT2D eigenvalue weighted by molar-refractivity contribution is 7.16. The Morgan fingerprint density at radius 1 is 0.867 bits per heavy atom. The van der Waals surface area contributed by atoms with Crippen molar-refractivity contribution < 1.29 is 4.79 Å². The number of aromatic nitrogens is 1. The number of hydrogen-bond acceptors (Lipinski definition) is 3. The summed E-state index contributed by atoms with van der Waals surface area (Å²) in [7, 11) is 0. The maximum Gasteiger partial charge on any atom is 0.257 e. The zero-order valence-corrected chi connectivity index (χ0v) is 18.0. The first-order valence-corrected chi connectivity index (χ1v) is 11.0. The Bertz CT molecular complexity index is 1130. The first kappa shape index (κ1) is 20.0. The van der Waals surface area contributed by atoms with Gasteiger partial charge < -0.3 is 0 Å². The van der Waals surface area contributed by atoms with Gasteiger partial charge in [0.25, 0.3) is 5.91 Å². The Morgan fingerprint density at radius 3 is 2.17 bits per heavy atom. The lowest BCUT2D eigenvalue weighted by Crippen LogP contribution is -2.11. The van der Waals surface area contributed by atoms with Gasteiger partial charge in [0.05, 0.1) is 5.69 Å². The molecule has 1 N–H and O–H groups in total. The second-order valence-corrected chi connectivity index (χ2v) is 8.39. The molecule has 0 aliphatic heterocycles. The highest BCUT2D eigenvalue weighted by Gasteiger charge is 2.15. The van der Waals surface area contributed by atoms with Crippen LogP contribution in [0.2, 0.25) is 0 Å². The molecule has 0 saturated heterocycles. The topological polar surface area (TPSA) is 42.0 Å². The first-order valence-electron chi connectivity index (χ1n) is 10.2. The molecule has 0 unspecified atom stereocenters. The van der Waals surface area contributed by atoms with E-state index >= 15 is 0 Å².